The third-order valence-corrected chi connectivity index (χ3v) is 16.1. The fourth-order valence-electron chi connectivity index (χ4n) is 10.4. The molecule has 0 aromatic heterocycles. The standard InChI is InChI=1S/2C31H64O4S.Ca/c2*1-3-5-7-9-10-11-12-13-14-15-16-17-18-19-20-21-22-23-25-27-29-31(30-35-36(32,33)34)28-26-24-8-6-4-2;/h2*31H,3-30H2,1-2H3,(H,32,33,34);/q;;+2/p-2. The molecule has 0 aromatic rings. The smallest absolute Gasteiger partial charge is 0.726 e. The third kappa shape index (κ3) is 73.0. The molecule has 0 amide bonds. The summed E-state index contributed by atoms with van der Waals surface area (Å²) in [6.45, 7) is 9.12. The van der Waals surface area contributed by atoms with Crippen molar-refractivity contribution < 1.29 is 34.3 Å². The van der Waals surface area contributed by atoms with Crippen molar-refractivity contribution >= 4 is 58.5 Å². The molecule has 0 aliphatic rings. The van der Waals surface area contributed by atoms with Crippen molar-refractivity contribution in [3.63, 3.8) is 0 Å². The van der Waals surface area contributed by atoms with Gasteiger partial charge in [-0.2, -0.15) is 0 Å². The van der Waals surface area contributed by atoms with Crippen LogP contribution < -0.4 is 0 Å². The van der Waals surface area contributed by atoms with Gasteiger partial charge < -0.3 is 9.11 Å². The average Bonchev–Trinajstić information content (AvgIpc) is 3.35. The van der Waals surface area contributed by atoms with E-state index in [1.807, 2.05) is 0 Å². The maximum absolute atomic E-state index is 10.8. The molecule has 2 unspecified atom stereocenters. The van der Waals surface area contributed by atoms with Gasteiger partial charge in [-0.05, 0) is 37.5 Å². The largest absolute Gasteiger partial charge is 2.00 e. The zero-order valence-electron chi connectivity index (χ0n) is 49.5. The van der Waals surface area contributed by atoms with Crippen LogP contribution in [0.5, 0.6) is 0 Å². The van der Waals surface area contributed by atoms with Crippen LogP contribution in [0.1, 0.15) is 374 Å². The Kier molecular flexibility index (Phi) is 68.4. The maximum Gasteiger partial charge on any atom is 2.00 e. The summed E-state index contributed by atoms with van der Waals surface area (Å²) >= 11 is 0. The molecule has 0 fully saturated rings. The van der Waals surface area contributed by atoms with Gasteiger partial charge in [0.1, 0.15) is 0 Å². The number of hydrogen-bond donors (Lipinski definition) is 0. The first-order valence-electron chi connectivity index (χ1n) is 32.2. The molecule has 0 radical (unpaired) electrons. The summed E-state index contributed by atoms with van der Waals surface area (Å²) in [4.78, 5) is 0. The van der Waals surface area contributed by atoms with Gasteiger partial charge in [0.15, 0.2) is 0 Å². The zero-order chi connectivity index (χ0) is 53.2. The van der Waals surface area contributed by atoms with Crippen LogP contribution in [0.2, 0.25) is 0 Å². The van der Waals surface area contributed by atoms with E-state index < -0.39 is 20.8 Å². The summed E-state index contributed by atoms with van der Waals surface area (Å²) in [5, 5.41) is 0. The van der Waals surface area contributed by atoms with Crippen molar-refractivity contribution in [2.45, 2.75) is 374 Å². The second-order valence-electron chi connectivity index (χ2n) is 22.5. The second-order valence-corrected chi connectivity index (χ2v) is 24.6. The summed E-state index contributed by atoms with van der Waals surface area (Å²) in [5.41, 5.74) is 0. The molecule has 0 rings (SSSR count). The van der Waals surface area contributed by atoms with Crippen LogP contribution in [0.15, 0.2) is 0 Å². The van der Waals surface area contributed by atoms with E-state index in [0.29, 0.717) is 0 Å². The van der Waals surface area contributed by atoms with Crippen molar-refractivity contribution in [3.05, 3.63) is 0 Å². The van der Waals surface area contributed by atoms with Crippen LogP contribution in [-0.4, -0.2) is 76.9 Å². The van der Waals surface area contributed by atoms with Crippen LogP contribution in [0.3, 0.4) is 0 Å². The Morgan fingerprint density at radius 1 is 0.247 bits per heavy atom. The van der Waals surface area contributed by atoms with Gasteiger partial charge in [-0.3, -0.25) is 8.37 Å². The van der Waals surface area contributed by atoms with Gasteiger partial charge in [-0.25, -0.2) is 16.8 Å². The molecule has 0 saturated heterocycles. The minimum atomic E-state index is -4.57. The van der Waals surface area contributed by atoms with Crippen molar-refractivity contribution in [2.24, 2.45) is 11.8 Å². The Balaban J connectivity index is -0.00000132. The quantitative estimate of drug-likeness (QED) is 0.0254. The van der Waals surface area contributed by atoms with Crippen molar-refractivity contribution in [2.75, 3.05) is 13.2 Å². The first-order valence-corrected chi connectivity index (χ1v) is 34.9. The second kappa shape index (κ2) is 63.8. The van der Waals surface area contributed by atoms with E-state index in [1.54, 1.807) is 0 Å². The van der Waals surface area contributed by atoms with Gasteiger partial charge in [0, 0.05) is 0 Å². The Morgan fingerprint density at radius 2 is 0.370 bits per heavy atom. The van der Waals surface area contributed by atoms with Crippen LogP contribution in [-0.2, 0) is 29.2 Å². The molecular formula is C62H126CaO8S2. The SMILES string of the molecule is CCCCCCCCCCCCCCCCCCCCCCC(CCCCCCC)COS(=O)(=O)[O-].CCCCCCCCCCCCCCCCCCCCCCC(CCCCCCC)COS(=O)(=O)[O-].[Ca+2]. The van der Waals surface area contributed by atoms with Crippen LogP contribution in [0.4, 0.5) is 0 Å². The molecule has 0 aromatic carbocycles. The molecular weight excluding hydrogens is 977 g/mol. The molecule has 0 heterocycles. The van der Waals surface area contributed by atoms with E-state index in [9.17, 15) is 25.9 Å². The van der Waals surface area contributed by atoms with Crippen molar-refractivity contribution in [1.29, 1.82) is 0 Å². The van der Waals surface area contributed by atoms with Crippen LogP contribution in [0, 0.1) is 11.8 Å². The molecule has 8 nitrogen and oxygen atoms in total. The third-order valence-electron chi connectivity index (χ3n) is 15.3. The van der Waals surface area contributed by atoms with Crippen molar-refractivity contribution in [3.8, 4) is 0 Å². The Morgan fingerprint density at radius 3 is 0.493 bits per heavy atom. The first-order chi connectivity index (χ1) is 35.0. The first kappa shape index (κ1) is 78.2. The van der Waals surface area contributed by atoms with Crippen LogP contribution in [0.25, 0.3) is 0 Å². The average molecular weight is 1100 g/mol. The van der Waals surface area contributed by atoms with Crippen LogP contribution >= 0.6 is 0 Å². The summed E-state index contributed by atoms with van der Waals surface area (Å²) in [6.07, 6.45) is 71.0. The van der Waals surface area contributed by atoms with E-state index in [4.69, 9.17) is 0 Å². The molecule has 0 bridgehead atoms. The predicted molar refractivity (Wildman–Crippen MR) is 316 cm³/mol. The minimum Gasteiger partial charge on any atom is -0.726 e. The fraction of sp³-hybridized carbons (Fsp3) is 1.00. The maximum atomic E-state index is 10.8. The van der Waals surface area contributed by atoms with E-state index >= 15 is 0 Å². The molecule has 0 spiro atoms. The molecule has 0 N–H and O–H groups in total. The molecule has 11 heteroatoms. The monoisotopic (exact) mass is 1100 g/mol. The molecule has 436 valence electrons. The Hall–Kier alpha value is 1.000. The fourth-order valence-corrected chi connectivity index (χ4v) is 11.1. The van der Waals surface area contributed by atoms with Gasteiger partial charge in [-0.15, -0.1) is 0 Å². The molecule has 73 heavy (non-hydrogen) atoms. The number of rotatable bonds is 60. The summed E-state index contributed by atoms with van der Waals surface area (Å²) in [7, 11) is -9.15. The van der Waals surface area contributed by atoms with Gasteiger partial charge in [0.25, 0.3) is 0 Å². The Labute approximate surface area is 488 Å². The normalized spacial score (nSPS) is 12.7. The van der Waals surface area contributed by atoms with E-state index in [0.717, 1.165) is 51.4 Å². The van der Waals surface area contributed by atoms with E-state index in [2.05, 4.69) is 36.1 Å². The zero-order valence-corrected chi connectivity index (χ0v) is 53.4. The number of hydrogen-bond acceptors (Lipinski definition) is 8. The molecule has 0 aliphatic carbocycles. The predicted octanol–water partition coefficient (Wildman–Crippen LogP) is 20.9. The van der Waals surface area contributed by atoms with Gasteiger partial charge >= 0.3 is 37.7 Å². The molecule has 0 aliphatic heterocycles. The summed E-state index contributed by atoms with van der Waals surface area (Å²) in [5.74, 6) is 0.400. The van der Waals surface area contributed by atoms with Crippen molar-refractivity contribution in [1.82, 2.24) is 0 Å². The van der Waals surface area contributed by atoms with Gasteiger partial charge in [0.05, 0.1) is 13.2 Å². The Bertz CT molecular complexity index is 1140. The topological polar surface area (TPSA) is 133 Å². The summed E-state index contributed by atoms with van der Waals surface area (Å²) < 4.78 is 74.1. The van der Waals surface area contributed by atoms with Gasteiger partial charge in [-0.1, -0.05) is 349 Å². The van der Waals surface area contributed by atoms with E-state index in [-0.39, 0.29) is 62.8 Å². The molecule has 2 atom stereocenters. The molecule has 0 saturated carbocycles. The minimum absolute atomic E-state index is 0. The summed E-state index contributed by atoms with van der Waals surface area (Å²) in [6, 6.07) is 0. The number of unbranched alkanes of at least 4 members (excludes halogenated alkanes) is 46. The van der Waals surface area contributed by atoms with E-state index in [1.165, 1.54) is 295 Å². The van der Waals surface area contributed by atoms with Gasteiger partial charge in [0.2, 0.25) is 20.8 Å².